The molecule has 1 heterocycles. The van der Waals surface area contributed by atoms with Crippen LogP contribution in [0.4, 0.5) is 0 Å². The first kappa shape index (κ1) is 6.95. The Labute approximate surface area is 66.6 Å². The highest BCUT2D eigenvalue weighted by atomic mass is 15.4. The Kier molecular flexibility index (Phi) is 1.51. The monoisotopic (exact) mass is 151 g/mol. The number of nitrogens with zero attached hydrogens (tertiary/aromatic N) is 3. The molecule has 2 rings (SSSR count). The molecular weight excluding hydrogens is 138 g/mol. The third kappa shape index (κ3) is 0.905. The maximum Gasteiger partial charge on any atom is 0.0836 e. The van der Waals surface area contributed by atoms with Gasteiger partial charge in [0.15, 0.2) is 0 Å². The van der Waals surface area contributed by atoms with Gasteiger partial charge in [-0.15, -0.1) is 5.10 Å². The summed E-state index contributed by atoms with van der Waals surface area (Å²) in [5.74, 6) is 0. The molecule has 1 aliphatic carbocycles. The quantitative estimate of drug-likeness (QED) is 0.552. The normalized spacial score (nSPS) is 41.0. The lowest BCUT2D eigenvalue weighted by Gasteiger charge is -2.27. The van der Waals surface area contributed by atoms with Gasteiger partial charge in [-0.2, -0.15) is 5.11 Å². The Morgan fingerprint density at radius 1 is 1.64 bits per heavy atom. The summed E-state index contributed by atoms with van der Waals surface area (Å²) in [5.41, 5.74) is 0.280. The van der Waals surface area contributed by atoms with Crippen molar-refractivity contribution in [2.45, 2.75) is 38.6 Å². The van der Waals surface area contributed by atoms with Crippen LogP contribution in [0.15, 0.2) is 15.4 Å². The van der Waals surface area contributed by atoms with Crippen molar-refractivity contribution < 1.29 is 0 Å². The van der Waals surface area contributed by atoms with E-state index in [0.717, 1.165) is 6.42 Å². The number of fused-ring (bicyclic) bond motifs is 1. The van der Waals surface area contributed by atoms with Crippen molar-refractivity contribution in [1.82, 2.24) is 0 Å². The lowest BCUT2D eigenvalue weighted by molar-refractivity contribution is 0.356. The first-order chi connectivity index (χ1) is 5.37. The zero-order valence-electron chi connectivity index (χ0n) is 6.82. The smallest absolute Gasteiger partial charge is 0.0836 e. The average Bonchev–Trinajstić information content (AvgIpc) is 2.48. The summed E-state index contributed by atoms with van der Waals surface area (Å²) in [6.45, 7) is 2.21. The molecule has 1 saturated carbocycles. The van der Waals surface area contributed by atoms with Gasteiger partial charge >= 0.3 is 0 Å². The molecule has 1 aliphatic heterocycles. The number of hydrogen-bond donors (Lipinski definition) is 0. The van der Waals surface area contributed by atoms with E-state index in [2.05, 4.69) is 22.4 Å². The second-order valence-corrected chi connectivity index (χ2v) is 3.44. The van der Waals surface area contributed by atoms with Crippen molar-refractivity contribution in [1.29, 1.82) is 0 Å². The SMILES string of the molecule is CCC12C=NN=NC1CCC2. The maximum absolute atomic E-state index is 4.16. The van der Waals surface area contributed by atoms with Crippen LogP contribution in [-0.4, -0.2) is 12.3 Å². The Bertz CT molecular complexity index is 209. The molecule has 0 aromatic rings. The summed E-state index contributed by atoms with van der Waals surface area (Å²) in [7, 11) is 0. The van der Waals surface area contributed by atoms with Gasteiger partial charge in [0.05, 0.1) is 6.04 Å². The zero-order chi connectivity index (χ0) is 7.73. The molecule has 0 bridgehead atoms. The first-order valence-electron chi connectivity index (χ1n) is 4.32. The van der Waals surface area contributed by atoms with Crippen LogP contribution in [0.25, 0.3) is 0 Å². The summed E-state index contributed by atoms with van der Waals surface area (Å²) in [4.78, 5) is 0. The van der Waals surface area contributed by atoms with Gasteiger partial charge in [0.25, 0.3) is 0 Å². The van der Waals surface area contributed by atoms with Crippen LogP contribution in [-0.2, 0) is 0 Å². The third-order valence-electron chi connectivity index (χ3n) is 3.00. The predicted molar refractivity (Wildman–Crippen MR) is 43.7 cm³/mol. The van der Waals surface area contributed by atoms with Gasteiger partial charge in [-0.25, -0.2) is 0 Å². The predicted octanol–water partition coefficient (Wildman–Crippen LogP) is 2.39. The Balaban J connectivity index is 2.28. The minimum absolute atomic E-state index is 0.280. The van der Waals surface area contributed by atoms with Gasteiger partial charge in [0.1, 0.15) is 0 Å². The summed E-state index contributed by atoms with van der Waals surface area (Å²) in [6, 6.07) is 0.435. The van der Waals surface area contributed by atoms with Crippen LogP contribution in [0, 0.1) is 5.41 Å². The van der Waals surface area contributed by atoms with E-state index in [1.54, 1.807) is 0 Å². The van der Waals surface area contributed by atoms with E-state index in [9.17, 15) is 0 Å². The lowest BCUT2D eigenvalue weighted by atomic mass is 9.81. The molecule has 3 heteroatoms. The van der Waals surface area contributed by atoms with E-state index in [-0.39, 0.29) is 5.41 Å². The third-order valence-corrected chi connectivity index (χ3v) is 3.00. The van der Waals surface area contributed by atoms with E-state index in [1.165, 1.54) is 19.3 Å². The van der Waals surface area contributed by atoms with Crippen molar-refractivity contribution in [3.63, 3.8) is 0 Å². The zero-order valence-corrected chi connectivity index (χ0v) is 6.82. The van der Waals surface area contributed by atoms with Crippen LogP contribution in [0.5, 0.6) is 0 Å². The maximum atomic E-state index is 4.16. The van der Waals surface area contributed by atoms with E-state index < -0.39 is 0 Å². The molecule has 60 valence electrons. The molecule has 3 nitrogen and oxygen atoms in total. The average molecular weight is 151 g/mol. The van der Waals surface area contributed by atoms with E-state index in [1.807, 2.05) is 6.21 Å². The fraction of sp³-hybridized carbons (Fsp3) is 0.875. The molecule has 0 saturated heterocycles. The van der Waals surface area contributed by atoms with Gasteiger partial charge in [-0.3, -0.25) is 0 Å². The van der Waals surface area contributed by atoms with Gasteiger partial charge in [-0.1, -0.05) is 13.3 Å². The van der Waals surface area contributed by atoms with Crippen LogP contribution >= 0.6 is 0 Å². The van der Waals surface area contributed by atoms with Crippen LogP contribution in [0.3, 0.4) is 0 Å². The second-order valence-electron chi connectivity index (χ2n) is 3.44. The van der Waals surface area contributed by atoms with Crippen LogP contribution < -0.4 is 0 Å². The lowest BCUT2D eigenvalue weighted by Crippen LogP contribution is -2.30. The molecule has 11 heavy (non-hydrogen) atoms. The summed E-state index contributed by atoms with van der Waals surface area (Å²) in [5, 5.41) is 11.8. The summed E-state index contributed by atoms with van der Waals surface area (Å²) < 4.78 is 0. The number of hydrogen-bond acceptors (Lipinski definition) is 3. The molecule has 0 N–H and O–H groups in total. The highest BCUT2D eigenvalue weighted by Gasteiger charge is 2.41. The molecule has 0 radical (unpaired) electrons. The van der Waals surface area contributed by atoms with Crippen molar-refractivity contribution in [3.8, 4) is 0 Å². The summed E-state index contributed by atoms with van der Waals surface area (Å²) >= 11 is 0. The molecular formula is C8H13N3. The topological polar surface area (TPSA) is 37.1 Å². The highest BCUT2D eigenvalue weighted by Crippen LogP contribution is 2.43. The Morgan fingerprint density at radius 3 is 3.27 bits per heavy atom. The molecule has 2 aliphatic rings. The molecule has 1 fully saturated rings. The Morgan fingerprint density at radius 2 is 2.55 bits per heavy atom. The minimum Gasteiger partial charge on any atom is -0.165 e. The van der Waals surface area contributed by atoms with Crippen LogP contribution in [0.2, 0.25) is 0 Å². The number of rotatable bonds is 1. The van der Waals surface area contributed by atoms with Crippen molar-refractivity contribution in [2.24, 2.45) is 20.9 Å². The fourth-order valence-electron chi connectivity index (χ4n) is 2.14. The second kappa shape index (κ2) is 2.40. The van der Waals surface area contributed by atoms with Gasteiger partial charge in [0, 0.05) is 11.6 Å². The molecule has 2 atom stereocenters. The van der Waals surface area contributed by atoms with Crippen molar-refractivity contribution in [3.05, 3.63) is 0 Å². The van der Waals surface area contributed by atoms with Crippen LogP contribution in [0.1, 0.15) is 32.6 Å². The van der Waals surface area contributed by atoms with Gasteiger partial charge in [0.2, 0.25) is 0 Å². The van der Waals surface area contributed by atoms with Gasteiger partial charge < -0.3 is 0 Å². The first-order valence-corrected chi connectivity index (χ1v) is 4.32. The standard InChI is InChI=1S/C8H13N3/c1-2-8-5-3-4-7(8)10-11-9-6-8/h6-7H,2-5H2,1H3. The van der Waals surface area contributed by atoms with E-state index in [0.29, 0.717) is 6.04 Å². The largest absolute Gasteiger partial charge is 0.165 e. The molecule has 0 aromatic carbocycles. The molecule has 0 aromatic heterocycles. The minimum atomic E-state index is 0.280. The van der Waals surface area contributed by atoms with E-state index in [4.69, 9.17) is 0 Å². The van der Waals surface area contributed by atoms with Crippen molar-refractivity contribution in [2.75, 3.05) is 0 Å². The fourth-order valence-corrected chi connectivity index (χ4v) is 2.14. The van der Waals surface area contributed by atoms with Crippen molar-refractivity contribution >= 4 is 6.21 Å². The molecule has 0 amide bonds. The van der Waals surface area contributed by atoms with Gasteiger partial charge in [-0.05, 0) is 24.5 Å². The van der Waals surface area contributed by atoms with E-state index >= 15 is 0 Å². The molecule has 0 spiro atoms. The highest BCUT2D eigenvalue weighted by molar-refractivity contribution is 5.67. The summed E-state index contributed by atoms with van der Waals surface area (Å²) in [6.07, 6.45) is 6.89. The molecule has 2 unspecified atom stereocenters. The Hall–Kier alpha value is -0.730.